The Bertz CT molecular complexity index is 2250. The van der Waals surface area contributed by atoms with Gasteiger partial charge in [-0.1, -0.05) is 133 Å². The first-order valence-corrected chi connectivity index (χ1v) is 21.8. The van der Waals surface area contributed by atoms with E-state index in [0.717, 1.165) is 41.5 Å². The van der Waals surface area contributed by atoms with Gasteiger partial charge in [0.25, 0.3) is 0 Å². The number of aryl methyl sites for hydroxylation is 2. The summed E-state index contributed by atoms with van der Waals surface area (Å²) < 4.78 is 70.1. The second-order valence-electron chi connectivity index (χ2n) is 13.3. The Balaban J connectivity index is 1.41. The summed E-state index contributed by atoms with van der Waals surface area (Å²) in [5.74, 6) is 1.47. The molecule has 6 rings (SSSR count). The van der Waals surface area contributed by atoms with Gasteiger partial charge in [-0.25, -0.2) is 13.7 Å². The lowest BCUT2D eigenvalue weighted by atomic mass is 9.91. The van der Waals surface area contributed by atoms with Crippen molar-refractivity contribution in [2.75, 3.05) is 6.79 Å². The van der Waals surface area contributed by atoms with Gasteiger partial charge in [0.2, 0.25) is 6.79 Å². The maximum Gasteiger partial charge on any atom is 0.625 e. The summed E-state index contributed by atoms with van der Waals surface area (Å²) in [6.45, 7) is 9.63. The third-order valence-corrected chi connectivity index (χ3v) is 11.0. The van der Waals surface area contributed by atoms with Gasteiger partial charge in [0.1, 0.15) is 28.7 Å². The number of benzene rings is 6. The molecular formula is C46H46O10P2. The molecule has 12 heteroatoms. The van der Waals surface area contributed by atoms with E-state index in [9.17, 15) is 9.13 Å². The van der Waals surface area contributed by atoms with Crippen LogP contribution in [0.2, 0.25) is 0 Å². The van der Waals surface area contributed by atoms with Crippen LogP contribution in [0.5, 0.6) is 34.5 Å². The van der Waals surface area contributed by atoms with Crippen LogP contribution in [0.1, 0.15) is 49.8 Å². The van der Waals surface area contributed by atoms with Gasteiger partial charge in [0, 0.05) is 0 Å². The molecule has 6 aromatic rings. The molecule has 300 valence electrons. The summed E-state index contributed by atoms with van der Waals surface area (Å²) in [5, 5.41) is 0. The van der Waals surface area contributed by atoms with Crippen molar-refractivity contribution in [2.45, 2.75) is 46.5 Å². The van der Waals surface area contributed by atoms with E-state index in [0.29, 0.717) is 17.5 Å². The van der Waals surface area contributed by atoms with Crippen molar-refractivity contribution in [3.05, 3.63) is 175 Å². The second-order valence-corrected chi connectivity index (χ2v) is 16.2. The van der Waals surface area contributed by atoms with E-state index in [1.54, 1.807) is 115 Å². The molecule has 0 aliphatic carbocycles. The number of allylic oxidation sites excluding steroid dienone is 1. The van der Waals surface area contributed by atoms with E-state index in [2.05, 4.69) is 13.5 Å². The quantitative estimate of drug-likeness (QED) is 0.0229. The lowest BCUT2D eigenvalue weighted by Crippen LogP contribution is -2.11. The van der Waals surface area contributed by atoms with Crippen molar-refractivity contribution in [1.29, 1.82) is 0 Å². The predicted octanol–water partition coefficient (Wildman–Crippen LogP) is 13.6. The molecule has 10 nitrogen and oxygen atoms in total. The molecule has 0 unspecified atom stereocenters. The van der Waals surface area contributed by atoms with E-state index in [1.807, 2.05) is 50.2 Å². The highest BCUT2D eigenvalue weighted by atomic mass is 31.2. The van der Waals surface area contributed by atoms with Gasteiger partial charge in [-0.2, -0.15) is 0 Å². The van der Waals surface area contributed by atoms with Crippen LogP contribution < -0.4 is 27.7 Å². The van der Waals surface area contributed by atoms with E-state index in [-0.39, 0.29) is 34.5 Å². The summed E-state index contributed by atoms with van der Waals surface area (Å²) in [6, 6.07) is 43.8. The van der Waals surface area contributed by atoms with E-state index < -0.39 is 22.4 Å². The van der Waals surface area contributed by atoms with E-state index in [1.165, 1.54) is 0 Å². The number of ether oxygens (including phenoxy) is 1. The molecule has 0 fully saturated rings. The molecule has 58 heavy (non-hydrogen) atoms. The number of hydrogen-bond donors (Lipinski definition) is 0. The van der Waals surface area contributed by atoms with Crippen LogP contribution >= 0.6 is 15.6 Å². The van der Waals surface area contributed by atoms with Gasteiger partial charge in [-0.05, 0) is 104 Å². The van der Waals surface area contributed by atoms with Crippen molar-refractivity contribution in [3.63, 3.8) is 0 Å². The normalized spacial score (nSPS) is 11.4. The molecular weight excluding hydrogens is 774 g/mol. The molecule has 0 saturated heterocycles. The lowest BCUT2D eigenvalue weighted by molar-refractivity contribution is -0.118. The fourth-order valence-corrected chi connectivity index (χ4v) is 7.97. The first kappa shape index (κ1) is 41.9. The second kappa shape index (κ2) is 20.1. The molecule has 0 heterocycles. The third kappa shape index (κ3) is 11.9. The van der Waals surface area contributed by atoms with Crippen molar-refractivity contribution in [2.24, 2.45) is 0 Å². The van der Waals surface area contributed by atoms with Crippen LogP contribution in [-0.2, 0) is 24.7 Å². The van der Waals surface area contributed by atoms with Crippen LogP contribution in [0.25, 0.3) is 16.7 Å². The van der Waals surface area contributed by atoms with Gasteiger partial charge in [-0.3, -0.25) is 0 Å². The first-order valence-electron chi connectivity index (χ1n) is 18.9. The van der Waals surface area contributed by atoms with Crippen LogP contribution in [0.4, 0.5) is 0 Å². The highest BCUT2D eigenvalue weighted by Crippen LogP contribution is 2.53. The SMILES string of the molecule is C=C(C)c1ccc(C)cc1-c1c(OCOP(=O)(Oc2ccccc2)Oc2ccccc2)cc(CCCCC)cc1OOP(=O)(Oc1ccccc1)Oc1ccccc1. The Hall–Kier alpha value is -5.76. The van der Waals surface area contributed by atoms with Gasteiger partial charge < -0.3 is 27.7 Å². The molecule has 0 saturated carbocycles. The number of rotatable bonds is 21. The predicted molar refractivity (Wildman–Crippen MR) is 226 cm³/mol. The van der Waals surface area contributed by atoms with Crippen LogP contribution in [-0.4, -0.2) is 6.79 Å². The number of para-hydroxylation sites is 4. The van der Waals surface area contributed by atoms with Crippen LogP contribution in [0.3, 0.4) is 0 Å². The average Bonchev–Trinajstić information content (AvgIpc) is 3.21. The number of hydrogen-bond acceptors (Lipinski definition) is 10. The largest absolute Gasteiger partial charge is 0.625 e. The summed E-state index contributed by atoms with van der Waals surface area (Å²) in [6.07, 6.45) is 3.49. The molecule has 0 spiro atoms. The van der Waals surface area contributed by atoms with E-state index in [4.69, 9.17) is 36.9 Å². The molecule has 0 aliphatic heterocycles. The molecule has 0 bridgehead atoms. The Labute approximate surface area is 340 Å². The lowest BCUT2D eigenvalue weighted by Gasteiger charge is -2.23. The minimum absolute atomic E-state index is 0.148. The maximum atomic E-state index is 14.4. The molecule has 0 amide bonds. The summed E-state index contributed by atoms with van der Waals surface area (Å²) >= 11 is 0. The Morgan fingerprint density at radius 1 is 0.603 bits per heavy atom. The molecule has 0 radical (unpaired) electrons. The summed E-state index contributed by atoms with van der Waals surface area (Å²) in [4.78, 5) is 6.10. The molecule has 0 N–H and O–H groups in total. The van der Waals surface area contributed by atoms with Gasteiger partial charge in [0.15, 0.2) is 5.75 Å². The van der Waals surface area contributed by atoms with Crippen LogP contribution in [0.15, 0.2) is 158 Å². The maximum absolute atomic E-state index is 14.4. The topological polar surface area (TPSA) is 108 Å². The van der Waals surface area contributed by atoms with Gasteiger partial charge in [0.05, 0.1) is 5.56 Å². The monoisotopic (exact) mass is 820 g/mol. The first-order chi connectivity index (χ1) is 28.1. The fourth-order valence-electron chi connectivity index (χ4n) is 5.85. The van der Waals surface area contributed by atoms with Crippen molar-refractivity contribution >= 4 is 21.2 Å². The zero-order valence-corrected chi connectivity index (χ0v) is 34.4. The molecule has 0 aromatic heterocycles. The number of phosphoric ester groups is 2. The standard InChI is InChI=1S/C46H46O10P2/c1-5-6-11-20-37-32-44(49-34-50-57(47,52-38-21-12-7-13-22-38)53-39-23-14-8-15-24-39)46(43-31-36(4)29-30-42(43)35(2)3)45(33-37)51-56-58(48,54-40-25-16-9-17-26-40)55-41-27-18-10-19-28-41/h7-10,12-19,21-33H,2,5-6,11,20,34H2,1,3-4H3. The number of unbranched alkanes of at least 4 members (excludes halogenated alkanes) is 2. The molecule has 0 aliphatic rings. The van der Waals surface area contributed by atoms with Crippen LogP contribution in [0, 0.1) is 6.92 Å². The number of phosphoric acid groups is 2. The molecule has 0 atom stereocenters. The smallest absolute Gasteiger partial charge is 0.466 e. The summed E-state index contributed by atoms with van der Waals surface area (Å²) in [7, 11) is -8.85. The highest BCUT2D eigenvalue weighted by Gasteiger charge is 2.36. The summed E-state index contributed by atoms with van der Waals surface area (Å²) in [5.41, 5.74) is 4.39. The minimum Gasteiger partial charge on any atom is -0.466 e. The third-order valence-electron chi connectivity index (χ3n) is 8.58. The van der Waals surface area contributed by atoms with E-state index >= 15 is 0 Å². The zero-order chi connectivity index (χ0) is 40.8. The Morgan fingerprint density at radius 2 is 1.09 bits per heavy atom. The zero-order valence-electron chi connectivity index (χ0n) is 32.7. The minimum atomic E-state index is -4.52. The Morgan fingerprint density at radius 3 is 1.57 bits per heavy atom. The average molecular weight is 821 g/mol. The van der Waals surface area contributed by atoms with Gasteiger partial charge >= 0.3 is 15.6 Å². The molecule has 6 aromatic carbocycles. The van der Waals surface area contributed by atoms with Crippen molar-refractivity contribution in [3.8, 4) is 45.6 Å². The van der Waals surface area contributed by atoms with Gasteiger partial charge in [-0.15, -0.1) is 0 Å². The van der Waals surface area contributed by atoms with Crippen molar-refractivity contribution < 1.29 is 46.0 Å². The van der Waals surface area contributed by atoms with Crippen molar-refractivity contribution in [1.82, 2.24) is 0 Å². The highest BCUT2D eigenvalue weighted by molar-refractivity contribution is 7.49. The Kier molecular flexibility index (Phi) is 14.5. The fraction of sp³-hybridized carbons (Fsp3) is 0.174.